The minimum absolute atomic E-state index is 0.0924. The number of aliphatic hydroxyl groups excluding tert-OH is 3. The van der Waals surface area contributed by atoms with E-state index in [0.29, 0.717) is 22.6 Å². The minimum atomic E-state index is -3.14. The van der Waals surface area contributed by atoms with Crippen molar-refractivity contribution in [3.8, 4) is 0 Å². The largest absolute Gasteiger partial charge is 0.432 e. The summed E-state index contributed by atoms with van der Waals surface area (Å²) in [5.74, 6) is -2.48. The fourth-order valence-electron chi connectivity index (χ4n) is 7.40. The van der Waals surface area contributed by atoms with E-state index in [2.05, 4.69) is 10.6 Å². The zero-order valence-corrected chi connectivity index (χ0v) is 31.1. The number of aliphatic hydroxyl groups is 3. The van der Waals surface area contributed by atoms with Crippen molar-refractivity contribution >= 4 is 49.0 Å². The lowest BCUT2D eigenvalue weighted by Crippen LogP contribution is -2.46. The maximum atomic E-state index is 14.9. The van der Waals surface area contributed by atoms with Gasteiger partial charge in [0.05, 0.1) is 31.4 Å². The molecule has 6 N–H and O–H groups in total. The molecular formula is C38H48N4O9Si. The second-order valence-corrected chi connectivity index (χ2v) is 18.2. The number of fused-ring (bicyclic) bond motifs is 2. The number of amides is 4. The first-order valence-corrected chi connectivity index (χ1v) is 20.4. The van der Waals surface area contributed by atoms with Crippen LogP contribution in [-0.2, 0) is 42.6 Å². The molecule has 0 bridgehead atoms. The molecule has 13 nitrogen and oxygen atoms in total. The van der Waals surface area contributed by atoms with Crippen molar-refractivity contribution in [2.75, 3.05) is 28.7 Å². The van der Waals surface area contributed by atoms with Crippen molar-refractivity contribution < 1.29 is 44.0 Å². The zero-order valence-electron chi connectivity index (χ0n) is 30.1. The molecule has 0 aliphatic carbocycles. The molecule has 1 fully saturated rings. The molecule has 0 saturated carbocycles. The fraction of sp³-hybridized carbons (Fsp3) is 0.421. The van der Waals surface area contributed by atoms with Gasteiger partial charge in [-0.15, -0.1) is 0 Å². The molecule has 3 aromatic carbocycles. The second-order valence-electron chi connectivity index (χ2n) is 14.2. The molecule has 0 radical (unpaired) electrons. The second kappa shape index (κ2) is 15.7. The number of carbonyl (C=O) groups excluding carboxylic acids is 4. The monoisotopic (exact) mass is 732 g/mol. The minimum Gasteiger partial charge on any atom is -0.432 e. The predicted octanol–water partition coefficient (Wildman–Crippen LogP) is 3.08. The molecule has 52 heavy (non-hydrogen) atoms. The number of hydrogen-bond acceptors (Lipinski definition) is 9. The molecule has 2 heterocycles. The maximum absolute atomic E-state index is 14.9. The van der Waals surface area contributed by atoms with Gasteiger partial charge < -0.3 is 45.3 Å². The quantitative estimate of drug-likeness (QED) is 0.144. The van der Waals surface area contributed by atoms with E-state index in [1.165, 1.54) is 13.8 Å². The standard InChI is InChI=1S/C38H48N4O9Si/c1-23-34(52(4,5)50)32(20-33(46)41(17-18-43)21-26-9-7-6-8-10-26)51-38(23)30-19-29(40-36(48)25(3)45)15-16-31(30)42(37(38)49)22-27-11-13-28(14-12-27)39-35(47)24(2)44/h6-16,19,23-25,32,34,43-45,50H,17-18,20-22H2,1-5H3,(H,39,47)(H,40,48)/t23-,24-,25-,32+,34-,38+/m0/s1. The average Bonchev–Trinajstić information content (AvgIpc) is 3.51. The Hall–Kier alpha value is -4.44. The molecule has 1 saturated heterocycles. The van der Waals surface area contributed by atoms with Crippen molar-refractivity contribution in [3.05, 3.63) is 89.5 Å². The predicted molar refractivity (Wildman–Crippen MR) is 197 cm³/mol. The van der Waals surface area contributed by atoms with Crippen LogP contribution in [0.15, 0.2) is 72.8 Å². The molecule has 4 amide bonds. The van der Waals surface area contributed by atoms with Crippen LogP contribution in [-0.4, -0.2) is 88.4 Å². The number of rotatable bonds is 13. The average molecular weight is 733 g/mol. The number of hydrogen-bond donors (Lipinski definition) is 6. The van der Waals surface area contributed by atoms with Gasteiger partial charge in [-0.2, -0.15) is 0 Å². The summed E-state index contributed by atoms with van der Waals surface area (Å²) in [4.78, 5) is 68.2. The van der Waals surface area contributed by atoms with Gasteiger partial charge in [0.1, 0.15) is 12.2 Å². The molecule has 14 heteroatoms. The van der Waals surface area contributed by atoms with Gasteiger partial charge in [-0.25, -0.2) is 0 Å². The topological polar surface area (TPSA) is 189 Å². The molecule has 5 rings (SSSR count). The van der Waals surface area contributed by atoms with E-state index in [1.54, 1.807) is 65.4 Å². The van der Waals surface area contributed by atoms with Gasteiger partial charge >= 0.3 is 0 Å². The van der Waals surface area contributed by atoms with Crippen molar-refractivity contribution in [2.45, 2.75) is 82.8 Å². The number of carbonyl (C=O) groups is 4. The Morgan fingerprint density at radius 1 is 0.923 bits per heavy atom. The van der Waals surface area contributed by atoms with E-state index >= 15 is 0 Å². The summed E-state index contributed by atoms with van der Waals surface area (Å²) in [6.07, 6.45) is -3.46. The molecule has 2 aliphatic rings. The number of ether oxygens (including phenoxy) is 1. The molecule has 0 unspecified atom stereocenters. The highest BCUT2D eigenvalue weighted by Crippen LogP contribution is 2.60. The van der Waals surface area contributed by atoms with Crippen LogP contribution in [0, 0.1) is 5.92 Å². The highest BCUT2D eigenvalue weighted by molar-refractivity contribution is 6.71. The zero-order chi connectivity index (χ0) is 38.0. The van der Waals surface area contributed by atoms with E-state index in [4.69, 9.17) is 4.74 Å². The maximum Gasteiger partial charge on any atom is 0.264 e. The van der Waals surface area contributed by atoms with Crippen LogP contribution >= 0.6 is 0 Å². The summed E-state index contributed by atoms with van der Waals surface area (Å²) in [5.41, 5.74) is 1.21. The first-order chi connectivity index (χ1) is 24.6. The van der Waals surface area contributed by atoms with Crippen molar-refractivity contribution in [2.24, 2.45) is 5.92 Å². The van der Waals surface area contributed by atoms with Crippen LogP contribution in [0.2, 0.25) is 18.6 Å². The number of nitrogens with one attached hydrogen (secondary N) is 2. The van der Waals surface area contributed by atoms with E-state index < -0.39 is 61.4 Å². The van der Waals surface area contributed by atoms with Crippen LogP contribution in [0.4, 0.5) is 17.1 Å². The molecule has 2 aliphatic heterocycles. The summed E-state index contributed by atoms with van der Waals surface area (Å²) < 4.78 is 6.85. The first-order valence-electron chi connectivity index (χ1n) is 17.4. The van der Waals surface area contributed by atoms with Gasteiger partial charge in [0.25, 0.3) is 17.7 Å². The lowest BCUT2D eigenvalue weighted by molar-refractivity contribution is -0.150. The molecule has 1 spiro atoms. The SMILES string of the molecule is C[C@H](O)C(=O)Nc1ccc(CN2C(=O)[C@]3(O[C@H](CC(=O)N(CCO)Cc4ccccc4)[C@@H]([Si](C)(C)O)[C@@H]3C)c3cc(NC(=O)[C@H](C)O)ccc32)cc1. The lowest BCUT2D eigenvalue weighted by atomic mass is 9.82. The third-order valence-electron chi connectivity index (χ3n) is 9.89. The third-order valence-corrected chi connectivity index (χ3v) is 12.4. The first kappa shape index (κ1) is 38.8. The van der Waals surface area contributed by atoms with Gasteiger partial charge in [-0.1, -0.05) is 49.4 Å². The Labute approximate surface area is 304 Å². The van der Waals surface area contributed by atoms with Crippen molar-refractivity contribution in [1.29, 1.82) is 0 Å². The van der Waals surface area contributed by atoms with E-state index in [1.807, 2.05) is 37.3 Å². The summed E-state index contributed by atoms with van der Waals surface area (Å²) in [5, 5.41) is 34.6. The van der Waals surface area contributed by atoms with Crippen LogP contribution in [0.25, 0.3) is 0 Å². The van der Waals surface area contributed by atoms with Gasteiger partial charge in [0.15, 0.2) is 13.9 Å². The van der Waals surface area contributed by atoms with Crippen molar-refractivity contribution in [1.82, 2.24) is 4.90 Å². The lowest BCUT2D eigenvalue weighted by Gasteiger charge is -2.32. The summed E-state index contributed by atoms with van der Waals surface area (Å²) in [7, 11) is -3.14. The number of anilines is 3. The van der Waals surface area contributed by atoms with Crippen LogP contribution < -0.4 is 15.5 Å². The normalized spacial score (nSPS) is 22.2. The Bertz CT molecular complexity index is 1780. The highest BCUT2D eigenvalue weighted by Gasteiger charge is 2.66. The Balaban J connectivity index is 1.52. The van der Waals surface area contributed by atoms with E-state index in [-0.39, 0.29) is 38.6 Å². The fourth-order valence-corrected chi connectivity index (χ4v) is 9.95. The Morgan fingerprint density at radius 2 is 1.52 bits per heavy atom. The number of nitrogens with zero attached hydrogens (tertiary/aromatic N) is 2. The molecule has 6 atom stereocenters. The van der Waals surface area contributed by atoms with E-state index in [9.17, 15) is 39.3 Å². The van der Waals surface area contributed by atoms with Crippen LogP contribution in [0.5, 0.6) is 0 Å². The molecule has 278 valence electrons. The molecule has 3 aromatic rings. The summed E-state index contributed by atoms with van der Waals surface area (Å²) in [6, 6.07) is 21.2. The number of benzene rings is 3. The summed E-state index contributed by atoms with van der Waals surface area (Å²) >= 11 is 0. The highest BCUT2D eigenvalue weighted by atomic mass is 28.4. The van der Waals surface area contributed by atoms with Crippen LogP contribution in [0.1, 0.15) is 43.9 Å². The summed E-state index contributed by atoms with van der Waals surface area (Å²) in [6.45, 7) is 8.31. The van der Waals surface area contributed by atoms with Crippen LogP contribution in [0.3, 0.4) is 0 Å². The van der Waals surface area contributed by atoms with E-state index in [0.717, 1.165) is 11.1 Å². The Morgan fingerprint density at radius 3 is 2.10 bits per heavy atom. The third kappa shape index (κ3) is 7.97. The smallest absolute Gasteiger partial charge is 0.264 e. The van der Waals surface area contributed by atoms with Gasteiger partial charge in [0.2, 0.25) is 5.91 Å². The molecule has 0 aromatic heterocycles. The van der Waals surface area contributed by atoms with Crippen molar-refractivity contribution in [3.63, 3.8) is 0 Å². The Kier molecular flexibility index (Phi) is 11.7. The molecular weight excluding hydrogens is 685 g/mol. The van der Waals surface area contributed by atoms with Gasteiger partial charge in [0, 0.05) is 41.5 Å². The van der Waals surface area contributed by atoms with Gasteiger partial charge in [-0.3, -0.25) is 19.2 Å². The van der Waals surface area contributed by atoms with Gasteiger partial charge in [-0.05, 0) is 68.4 Å².